The molecule has 0 bridgehead atoms. The van der Waals surface area contributed by atoms with Gasteiger partial charge in [0.25, 0.3) is 0 Å². The summed E-state index contributed by atoms with van der Waals surface area (Å²) in [5.74, 6) is 1.14. The standard InChI is InChI=1S/C44H30N4OS/c45-43(30-18-8-3-9-19-30)48-42-32-21-10-11-25-38(32)50-39(42)26-31-20-12-23-36-40(31)41-33(22-13-24-37(41)49-36)44-46-34(28-14-4-1-5-15-28)27-35(47-44)29-16-6-2-7-17-29/h1-25,27H,26H2,(H2,45,48). The Morgan fingerprint density at radius 3 is 1.92 bits per heavy atom. The third kappa shape index (κ3) is 5.42. The topological polar surface area (TPSA) is 77.3 Å². The number of nitrogens with zero attached hydrogens (tertiary/aromatic N) is 3. The highest BCUT2D eigenvalue weighted by Crippen LogP contribution is 2.43. The molecule has 0 fully saturated rings. The Morgan fingerprint density at radius 2 is 1.22 bits per heavy atom. The molecule has 0 aliphatic heterocycles. The van der Waals surface area contributed by atoms with Gasteiger partial charge in [-0.3, -0.25) is 0 Å². The average molecular weight is 663 g/mol. The Hall–Kier alpha value is -6.37. The highest BCUT2D eigenvalue weighted by molar-refractivity contribution is 7.19. The van der Waals surface area contributed by atoms with Crippen molar-refractivity contribution in [1.82, 2.24) is 9.97 Å². The van der Waals surface area contributed by atoms with Crippen LogP contribution in [0.3, 0.4) is 0 Å². The van der Waals surface area contributed by atoms with Gasteiger partial charge in [-0.25, -0.2) is 15.0 Å². The summed E-state index contributed by atoms with van der Waals surface area (Å²) in [5, 5.41) is 3.14. The molecule has 0 aliphatic rings. The summed E-state index contributed by atoms with van der Waals surface area (Å²) in [6.07, 6.45) is 0.654. The third-order valence-corrected chi connectivity index (χ3v) is 10.2. The van der Waals surface area contributed by atoms with Crippen LogP contribution in [0, 0.1) is 0 Å². The van der Waals surface area contributed by atoms with Gasteiger partial charge in [-0.2, -0.15) is 0 Å². The van der Waals surface area contributed by atoms with Crippen LogP contribution in [0.1, 0.15) is 16.0 Å². The number of aliphatic imine (C=N–C) groups is 1. The first-order valence-corrected chi connectivity index (χ1v) is 17.3. The minimum atomic E-state index is 0.495. The molecule has 9 rings (SSSR count). The van der Waals surface area contributed by atoms with Crippen LogP contribution in [0.5, 0.6) is 0 Å². The number of benzene rings is 6. The fourth-order valence-corrected chi connectivity index (χ4v) is 7.81. The molecule has 0 amide bonds. The second kappa shape index (κ2) is 12.6. The van der Waals surface area contributed by atoms with E-state index < -0.39 is 0 Å². The minimum Gasteiger partial charge on any atom is -0.456 e. The Balaban J connectivity index is 1.24. The second-order valence-corrected chi connectivity index (χ2v) is 13.3. The zero-order chi connectivity index (χ0) is 33.4. The third-order valence-electron chi connectivity index (χ3n) is 9.01. The van der Waals surface area contributed by atoms with Crippen LogP contribution in [0.2, 0.25) is 0 Å². The lowest BCUT2D eigenvalue weighted by atomic mass is 9.98. The van der Waals surface area contributed by atoms with E-state index in [0.29, 0.717) is 18.1 Å². The van der Waals surface area contributed by atoms with Crippen molar-refractivity contribution in [3.63, 3.8) is 0 Å². The van der Waals surface area contributed by atoms with Crippen molar-refractivity contribution in [1.29, 1.82) is 0 Å². The van der Waals surface area contributed by atoms with Crippen LogP contribution in [0.25, 0.3) is 65.9 Å². The molecule has 3 heterocycles. The number of hydrogen-bond acceptors (Lipinski definition) is 5. The summed E-state index contributed by atoms with van der Waals surface area (Å²) in [4.78, 5) is 16.5. The summed E-state index contributed by atoms with van der Waals surface area (Å²) in [6.45, 7) is 0. The lowest BCUT2D eigenvalue weighted by Crippen LogP contribution is -2.12. The van der Waals surface area contributed by atoms with Crippen molar-refractivity contribution >= 4 is 54.9 Å². The molecule has 0 saturated heterocycles. The molecule has 0 radical (unpaired) electrons. The maximum absolute atomic E-state index is 6.61. The second-order valence-electron chi connectivity index (χ2n) is 12.2. The van der Waals surface area contributed by atoms with E-state index in [-0.39, 0.29) is 0 Å². The van der Waals surface area contributed by atoms with Crippen molar-refractivity contribution in [2.75, 3.05) is 0 Å². The molecule has 238 valence electrons. The molecule has 0 atom stereocenters. The van der Waals surface area contributed by atoms with Gasteiger partial charge in [0.15, 0.2) is 5.82 Å². The lowest BCUT2D eigenvalue weighted by molar-refractivity contribution is 0.669. The number of hydrogen-bond donors (Lipinski definition) is 1. The van der Waals surface area contributed by atoms with Crippen LogP contribution in [-0.2, 0) is 6.42 Å². The highest BCUT2D eigenvalue weighted by Gasteiger charge is 2.21. The van der Waals surface area contributed by atoms with Gasteiger partial charge >= 0.3 is 0 Å². The minimum absolute atomic E-state index is 0.495. The highest BCUT2D eigenvalue weighted by atomic mass is 32.1. The molecule has 50 heavy (non-hydrogen) atoms. The zero-order valence-corrected chi connectivity index (χ0v) is 27.8. The number of rotatable bonds is 7. The van der Waals surface area contributed by atoms with Crippen LogP contribution in [-0.4, -0.2) is 15.8 Å². The molecule has 6 aromatic carbocycles. The summed E-state index contributed by atoms with van der Waals surface area (Å²) in [6, 6.07) is 53.4. The number of thiophene rings is 1. The predicted octanol–water partition coefficient (Wildman–Crippen LogP) is 11.2. The molecule has 0 saturated carbocycles. The SMILES string of the molecule is NC(=Nc1c(Cc2cccc3oc4cccc(-c5nc(-c6ccccc6)cc(-c6ccccc6)n5)c4c23)sc2ccccc12)c1ccccc1. The van der Waals surface area contributed by atoms with Gasteiger partial charge in [0.05, 0.1) is 17.1 Å². The van der Waals surface area contributed by atoms with E-state index in [9.17, 15) is 0 Å². The molecule has 0 unspecified atom stereocenters. The van der Waals surface area contributed by atoms with Gasteiger partial charge in [0.2, 0.25) is 0 Å². The summed E-state index contributed by atoms with van der Waals surface area (Å²) in [7, 11) is 0. The molecule has 6 heteroatoms. The molecule has 2 N–H and O–H groups in total. The van der Waals surface area contributed by atoms with E-state index in [0.717, 1.165) is 77.1 Å². The maximum Gasteiger partial charge on any atom is 0.161 e. The fourth-order valence-electron chi connectivity index (χ4n) is 6.64. The van der Waals surface area contributed by atoms with E-state index >= 15 is 0 Å². The predicted molar refractivity (Wildman–Crippen MR) is 207 cm³/mol. The van der Waals surface area contributed by atoms with E-state index in [4.69, 9.17) is 25.1 Å². The number of fused-ring (bicyclic) bond motifs is 4. The number of furan rings is 1. The normalized spacial score (nSPS) is 11.9. The van der Waals surface area contributed by atoms with Gasteiger partial charge in [-0.15, -0.1) is 11.3 Å². The van der Waals surface area contributed by atoms with E-state index in [1.54, 1.807) is 11.3 Å². The molecular weight excluding hydrogens is 633 g/mol. The van der Waals surface area contributed by atoms with Crippen molar-refractivity contribution < 1.29 is 4.42 Å². The van der Waals surface area contributed by atoms with Crippen molar-refractivity contribution in [2.45, 2.75) is 6.42 Å². The van der Waals surface area contributed by atoms with Crippen LogP contribution in [0.15, 0.2) is 167 Å². The molecule has 0 aliphatic carbocycles. The Bertz CT molecular complexity index is 2620. The van der Waals surface area contributed by atoms with Gasteiger partial charge in [0.1, 0.15) is 17.0 Å². The van der Waals surface area contributed by atoms with E-state index in [1.165, 1.54) is 4.70 Å². The van der Waals surface area contributed by atoms with E-state index in [2.05, 4.69) is 72.8 Å². The van der Waals surface area contributed by atoms with Gasteiger partial charge in [0, 0.05) is 54.4 Å². The van der Waals surface area contributed by atoms with Crippen LogP contribution in [0.4, 0.5) is 5.69 Å². The summed E-state index contributed by atoms with van der Waals surface area (Å²) >= 11 is 1.75. The molecular formula is C44H30N4OS. The molecule has 9 aromatic rings. The Kier molecular flexibility index (Phi) is 7.48. The first kappa shape index (κ1) is 29.7. The summed E-state index contributed by atoms with van der Waals surface area (Å²) < 4.78 is 7.71. The molecule has 5 nitrogen and oxygen atoms in total. The quantitative estimate of drug-likeness (QED) is 0.136. The Morgan fingerprint density at radius 1 is 0.620 bits per heavy atom. The van der Waals surface area contributed by atoms with Gasteiger partial charge in [-0.1, -0.05) is 133 Å². The maximum atomic E-state index is 6.61. The molecule has 3 aromatic heterocycles. The van der Waals surface area contributed by atoms with Crippen molar-refractivity contribution in [3.8, 4) is 33.9 Å². The van der Waals surface area contributed by atoms with Crippen molar-refractivity contribution in [3.05, 3.63) is 174 Å². The largest absolute Gasteiger partial charge is 0.456 e. The number of nitrogens with two attached hydrogens (primary N) is 1. The molecule has 0 spiro atoms. The van der Waals surface area contributed by atoms with Crippen LogP contribution < -0.4 is 5.73 Å². The summed E-state index contributed by atoms with van der Waals surface area (Å²) in [5.41, 5.74) is 15.9. The first-order chi connectivity index (χ1) is 24.7. The number of aromatic nitrogens is 2. The van der Waals surface area contributed by atoms with Crippen LogP contribution >= 0.6 is 11.3 Å². The van der Waals surface area contributed by atoms with Gasteiger partial charge < -0.3 is 10.2 Å². The lowest BCUT2D eigenvalue weighted by Gasteiger charge is -2.11. The van der Waals surface area contributed by atoms with Gasteiger partial charge in [-0.05, 0) is 29.8 Å². The number of amidine groups is 1. The zero-order valence-electron chi connectivity index (χ0n) is 27.0. The van der Waals surface area contributed by atoms with Crippen molar-refractivity contribution in [2.24, 2.45) is 10.7 Å². The monoisotopic (exact) mass is 662 g/mol. The van der Waals surface area contributed by atoms with E-state index in [1.807, 2.05) is 84.9 Å². The average Bonchev–Trinajstić information content (AvgIpc) is 3.74. The Labute approximate surface area is 293 Å². The fraction of sp³-hybridized carbons (Fsp3) is 0.0227. The first-order valence-electron chi connectivity index (χ1n) is 16.5. The smallest absolute Gasteiger partial charge is 0.161 e.